The minimum absolute atomic E-state index is 0.409. The first-order valence-corrected chi connectivity index (χ1v) is 9.96. The van der Waals surface area contributed by atoms with Gasteiger partial charge in [0, 0.05) is 37.8 Å². The standard InChI is InChI=1S/C18H34N4O2/c1-22-7-2-9-23-13-3-4-16-15(11-13)18(21-20-16)17-12-14(5-6-19-17)24-10-8-22/h13-21H,2-12H2,1H3. The third-order valence-electron chi connectivity index (χ3n) is 6.44. The zero-order valence-corrected chi connectivity index (χ0v) is 15.0. The van der Waals surface area contributed by atoms with E-state index in [-0.39, 0.29) is 0 Å². The number of piperidine rings is 1. The molecule has 6 unspecified atom stereocenters. The summed E-state index contributed by atoms with van der Waals surface area (Å²) in [6.07, 6.45) is 7.85. The van der Waals surface area contributed by atoms with Crippen molar-refractivity contribution >= 4 is 0 Å². The van der Waals surface area contributed by atoms with Crippen LogP contribution in [0.15, 0.2) is 0 Å². The van der Waals surface area contributed by atoms with Gasteiger partial charge in [0.05, 0.1) is 18.8 Å². The molecule has 0 radical (unpaired) electrons. The van der Waals surface area contributed by atoms with E-state index >= 15 is 0 Å². The number of nitrogens with one attached hydrogen (secondary N) is 3. The van der Waals surface area contributed by atoms with Crippen LogP contribution in [0.5, 0.6) is 0 Å². The largest absolute Gasteiger partial charge is 0.378 e. The van der Waals surface area contributed by atoms with E-state index in [9.17, 15) is 0 Å². The summed E-state index contributed by atoms with van der Waals surface area (Å²) >= 11 is 0. The van der Waals surface area contributed by atoms with Crippen molar-refractivity contribution in [1.82, 2.24) is 21.1 Å². The van der Waals surface area contributed by atoms with Crippen LogP contribution in [0, 0.1) is 5.92 Å². The molecule has 6 heteroatoms. The Hall–Kier alpha value is -0.240. The first-order valence-electron chi connectivity index (χ1n) is 9.96. The van der Waals surface area contributed by atoms with Crippen molar-refractivity contribution in [1.29, 1.82) is 0 Å². The quantitative estimate of drug-likeness (QED) is 0.598. The van der Waals surface area contributed by atoms with Crippen molar-refractivity contribution in [3.05, 3.63) is 0 Å². The topological polar surface area (TPSA) is 57.8 Å². The van der Waals surface area contributed by atoms with Crippen LogP contribution in [0.4, 0.5) is 0 Å². The summed E-state index contributed by atoms with van der Waals surface area (Å²) in [5, 5.41) is 3.75. The Morgan fingerprint density at radius 1 is 0.875 bits per heavy atom. The molecular weight excluding hydrogens is 304 g/mol. The predicted octanol–water partition coefficient (Wildman–Crippen LogP) is 0.489. The summed E-state index contributed by atoms with van der Waals surface area (Å²) in [6.45, 7) is 4.93. The van der Waals surface area contributed by atoms with Crippen molar-refractivity contribution in [2.45, 2.75) is 68.9 Å². The summed E-state index contributed by atoms with van der Waals surface area (Å²) in [4.78, 5) is 2.37. The van der Waals surface area contributed by atoms with E-state index in [0.717, 1.165) is 52.1 Å². The van der Waals surface area contributed by atoms with Gasteiger partial charge in [-0.2, -0.15) is 0 Å². The van der Waals surface area contributed by atoms with Gasteiger partial charge < -0.3 is 19.7 Å². The van der Waals surface area contributed by atoms with Gasteiger partial charge in [-0.15, -0.1) is 0 Å². The monoisotopic (exact) mass is 338 g/mol. The van der Waals surface area contributed by atoms with Crippen molar-refractivity contribution in [3.8, 4) is 0 Å². The SMILES string of the molecule is CN1CCCOC2CCC3NNC(C4CC(CCN4)OCC1)C3C2. The Morgan fingerprint density at radius 3 is 2.71 bits per heavy atom. The van der Waals surface area contributed by atoms with Crippen LogP contribution >= 0.6 is 0 Å². The molecule has 4 aliphatic rings. The van der Waals surface area contributed by atoms with Gasteiger partial charge in [0.15, 0.2) is 0 Å². The van der Waals surface area contributed by atoms with Gasteiger partial charge in [0.25, 0.3) is 0 Å². The smallest absolute Gasteiger partial charge is 0.0603 e. The molecule has 0 spiro atoms. The van der Waals surface area contributed by atoms with E-state index in [1.54, 1.807) is 0 Å². The van der Waals surface area contributed by atoms with E-state index in [1.165, 1.54) is 19.3 Å². The third-order valence-corrected chi connectivity index (χ3v) is 6.44. The molecule has 0 aromatic rings. The molecule has 4 bridgehead atoms. The fraction of sp³-hybridized carbons (Fsp3) is 1.00. The van der Waals surface area contributed by atoms with Gasteiger partial charge >= 0.3 is 0 Å². The number of likely N-dealkylation sites (N-methyl/N-ethyl adjacent to an activating group) is 1. The molecule has 3 heterocycles. The van der Waals surface area contributed by atoms with E-state index in [4.69, 9.17) is 9.47 Å². The zero-order valence-electron chi connectivity index (χ0n) is 15.0. The second kappa shape index (κ2) is 7.98. The summed E-state index contributed by atoms with van der Waals surface area (Å²) in [5.41, 5.74) is 7.17. The van der Waals surface area contributed by atoms with Crippen molar-refractivity contribution in [2.75, 3.05) is 39.9 Å². The average molecular weight is 338 g/mol. The lowest BCUT2D eigenvalue weighted by molar-refractivity contribution is 0.000654. The molecule has 0 amide bonds. The van der Waals surface area contributed by atoms with Gasteiger partial charge in [-0.05, 0) is 58.0 Å². The predicted molar refractivity (Wildman–Crippen MR) is 93.8 cm³/mol. The summed E-state index contributed by atoms with van der Waals surface area (Å²) in [5.74, 6) is 0.674. The highest BCUT2D eigenvalue weighted by Gasteiger charge is 2.44. The molecular formula is C18H34N4O2. The van der Waals surface area contributed by atoms with Crippen LogP contribution in [-0.4, -0.2) is 75.1 Å². The zero-order chi connectivity index (χ0) is 16.4. The van der Waals surface area contributed by atoms with Crippen LogP contribution in [0.1, 0.15) is 38.5 Å². The highest BCUT2D eigenvalue weighted by atomic mass is 16.5. The van der Waals surface area contributed by atoms with E-state index in [0.29, 0.717) is 36.3 Å². The molecule has 6 nitrogen and oxygen atoms in total. The minimum atomic E-state index is 0.409. The second-order valence-corrected chi connectivity index (χ2v) is 8.13. The normalized spacial score (nSPS) is 45.4. The van der Waals surface area contributed by atoms with Gasteiger partial charge in [0.2, 0.25) is 0 Å². The lowest BCUT2D eigenvalue weighted by Gasteiger charge is -2.39. The lowest BCUT2D eigenvalue weighted by atomic mass is 9.76. The molecule has 1 saturated carbocycles. The van der Waals surface area contributed by atoms with Gasteiger partial charge in [-0.1, -0.05) is 0 Å². The van der Waals surface area contributed by atoms with Gasteiger partial charge in [0.1, 0.15) is 0 Å². The maximum atomic E-state index is 6.23. The summed E-state index contributed by atoms with van der Waals surface area (Å²) in [6, 6.07) is 1.62. The van der Waals surface area contributed by atoms with Crippen LogP contribution in [0.2, 0.25) is 0 Å². The molecule has 24 heavy (non-hydrogen) atoms. The second-order valence-electron chi connectivity index (χ2n) is 8.13. The van der Waals surface area contributed by atoms with E-state index in [1.807, 2.05) is 0 Å². The number of rotatable bonds is 0. The fourth-order valence-electron chi connectivity index (χ4n) is 5.01. The Morgan fingerprint density at radius 2 is 1.75 bits per heavy atom. The molecule has 138 valence electrons. The summed E-state index contributed by atoms with van der Waals surface area (Å²) in [7, 11) is 2.19. The summed E-state index contributed by atoms with van der Waals surface area (Å²) < 4.78 is 12.4. The Balaban J connectivity index is 1.45. The number of ether oxygens (including phenoxy) is 2. The maximum Gasteiger partial charge on any atom is 0.0603 e. The third kappa shape index (κ3) is 3.94. The molecule has 4 fully saturated rings. The molecule has 0 aromatic heterocycles. The van der Waals surface area contributed by atoms with Crippen molar-refractivity contribution in [3.63, 3.8) is 0 Å². The molecule has 6 atom stereocenters. The van der Waals surface area contributed by atoms with E-state index in [2.05, 4.69) is 28.1 Å². The number of fused-ring (bicyclic) bond motifs is 4. The number of nitrogens with zero attached hydrogens (tertiary/aromatic N) is 1. The number of hydrogen-bond donors (Lipinski definition) is 3. The lowest BCUT2D eigenvalue weighted by Crippen LogP contribution is -2.54. The fourth-order valence-corrected chi connectivity index (χ4v) is 5.01. The van der Waals surface area contributed by atoms with Crippen LogP contribution < -0.4 is 16.2 Å². The molecule has 4 rings (SSSR count). The number of hydrogen-bond acceptors (Lipinski definition) is 6. The van der Waals surface area contributed by atoms with Crippen LogP contribution in [0.3, 0.4) is 0 Å². The first-order chi connectivity index (χ1) is 11.8. The molecule has 0 aromatic carbocycles. The Labute approximate surface area is 146 Å². The Bertz CT molecular complexity index is 410. The Kier molecular flexibility index (Phi) is 5.71. The average Bonchev–Trinajstić information content (AvgIpc) is 3.01. The number of hydrazine groups is 1. The highest BCUT2D eigenvalue weighted by Crippen LogP contribution is 2.34. The van der Waals surface area contributed by atoms with Gasteiger partial charge in [-0.25, -0.2) is 0 Å². The molecule has 3 N–H and O–H groups in total. The minimum Gasteiger partial charge on any atom is -0.378 e. The van der Waals surface area contributed by atoms with Gasteiger partial charge in [-0.3, -0.25) is 10.9 Å². The first kappa shape index (κ1) is 17.2. The van der Waals surface area contributed by atoms with Crippen LogP contribution in [0.25, 0.3) is 0 Å². The molecule has 3 aliphatic heterocycles. The molecule has 3 saturated heterocycles. The maximum absolute atomic E-state index is 6.23. The van der Waals surface area contributed by atoms with Crippen molar-refractivity contribution < 1.29 is 9.47 Å². The van der Waals surface area contributed by atoms with E-state index < -0.39 is 0 Å². The van der Waals surface area contributed by atoms with Crippen molar-refractivity contribution in [2.24, 2.45) is 5.92 Å². The molecule has 1 aliphatic carbocycles. The highest BCUT2D eigenvalue weighted by molar-refractivity contribution is 5.02. The van der Waals surface area contributed by atoms with Crippen LogP contribution in [-0.2, 0) is 9.47 Å².